The quantitative estimate of drug-likeness (QED) is 0.794. The van der Waals surface area contributed by atoms with E-state index in [1.54, 1.807) is 7.11 Å². The highest BCUT2D eigenvalue weighted by Gasteiger charge is 2.21. The fourth-order valence-corrected chi connectivity index (χ4v) is 2.60. The molecule has 1 unspecified atom stereocenters. The zero-order chi connectivity index (χ0) is 11.4. The number of aromatic nitrogens is 1. The third-order valence-corrected chi connectivity index (χ3v) is 3.88. The summed E-state index contributed by atoms with van der Waals surface area (Å²) in [6.45, 7) is 3.28. The highest BCUT2D eigenvalue weighted by atomic mass is 79.9. The van der Waals surface area contributed by atoms with Crippen LogP contribution in [0.15, 0.2) is 18.2 Å². The van der Waals surface area contributed by atoms with Gasteiger partial charge in [0.2, 0.25) is 5.88 Å². The third kappa shape index (κ3) is 2.95. The Kier molecular flexibility index (Phi) is 4.18. The number of likely N-dealkylation sites (tertiary alicyclic amines) is 1. The average Bonchev–Trinajstić information content (AvgIpc) is 2.77. The molecule has 16 heavy (non-hydrogen) atoms. The topological polar surface area (TPSA) is 25.4 Å². The Balaban J connectivity index is 1.94. The van der Waals surface area contributed by atoms with E-state index in [9.17, 15) is 0 Å². The Labute approximate surface area is 105 Å². The molecule has 0 amide bonds. The van der Waals surface area contributed by atoms with Gasteiger partial charge in [0, 0.05) is 24.5 Å². The van der Waals surface area contributed by atoms with E-state index in [0.29, 0.717) is 5.88 Å². The summed E-state index contributed by atoms with van der Waals surface area (Å²) in [7, 11) is 1.66. The maximum atomic E-state index is 5.12. The van der Waals surface area contributed by atoms with Crippen molar-refractivity contribution in [3.05, 3.63) is 23.9 Å². The molecule has 3 nitrogen and oxygen atoms in total. The lowest BCUT2D eigenvalue weighted by molar-refractivity contribution is 0.314. The van der Waals surface area contributed by atoms with E-state index in [0.717, 1.165) is 23.5 Å². The van der Waals surface area contributed by atoms with Crippen LogP contribution in [0.25, 0.3) is 0 Å². The van der Waals surface area contributed by atoms with Crippen molar-refractivity contribution < 1.29 is 4.74 Å². The van der Waals surface area contributed by atoms with Gasteiger partial charge in [0.05, 0.1) is 12.8 Å². The zero-order valence-corrected chi connectivity index (χ0v) is 11.1. The van der Waals surface area contributed by atoms with Gasteiger partial charge in [-0.05, 0) is 24.9 Å². The first-order valence-electron chi connectivity index (χ1n) is 5.60. The lowest BCUT2D eigenvalue weighted by atomic mass is 10.2. The number of rotatable bonds is 4. The van der Waals surface area contributed by atoms with Crippen molar-refractivity contribution in [3.63, 3.8) is 0 Å². The molecule has 0 spiro atoms. The number of ether oxygens (including phenoxy) is 1. The Hall–Kier alpha value is -0.610. The number of hydrogen-bond donors (Lipinski definition) is 0. The van der Waals surface area contributed by atoms with Crippen molar-refractivity contribution in [3.8, 4) is 5.88 Å². The highest BCUT2D eigenvalue weighted by Crippen LogP contribution is 2.20. The van der Waals surface area contributed by atoms with Gasteiger partial charge in [-0.2, -0.15) is 0 Å². The predicted molar refractivity (Wildman–Crippen MR) is 68.0 cm³/mol. The molecule has 1 aromatic heterocycles. The Morgan fingerprint density at radius 3 is 3.12 bits per heavy atom. The smallest absolute Gasteiger partial charge is 0.213 e. The van der Waals surface area contributed by atoms with E-state index in [-0.39, 0.29) is 0 Å². The van der Waals surface area contributed by atoms with Crippen molar-refractivity contribution in [2.45, 2.75) is 13.0 Å². The molecule has 4 heteroatoms. The summed E-state index contributed by atoms with van der Waals surface area (Å²) in [6, 6.07) is 5.94. The monoisotopic (exact) mass is 284 g/mol. The van der Waals surface area contributed by atoms with Gasteiger partial charge in [-0.25, -0.2) is 4.98 Å². The van der Waals surface area contributed by atoms with Crippen LogP contribution < -0.4 is 4.74 Å². The molecular weight excluding hydrogens is 268 g/mol. The van der Waals surface area contributed by atoms with Gasteiger partial charge in [-0.1, -0.05) is 22.0 Å². The van der Waals surface area contributed by atoms with E-state index in [4.69, 9.17) is 4.74 Å². The SMILES string of the molecule is COc1cccc(CN2CCC(CBr)C2)n1. The van der Waals surface area contributed by atoms with E-state index in [2.05, 4.69) is 31.9 Å². The third-order valence-electron chi connectivity index (χ3n) is 2.96. The minimum atomic E-state index is 0.703. The first-order chi connectivity index (χ1) is 7.81. The maximum Gasteiger partial charge on any atom is 0.213 e. The lowest BCUT2D eigenvalue weighted by Crippen LogP contribution is -2.21. The lowest BCUT2D eigenvalue weighted by Gasteiger charge is -2.15. The Bertz CT molecular complexity index is 346. The van der Waals surface area contributed by atoms with E-state index in [1.165, 1.54) is 19.5 Å². The number of hydrogen-bond acceptors (Lipinski definition) is 3. The summed E-state index contributed by atoms with van der Waals surface area (Å²) in [4.78, 5) is 6.88. The van der Waals surface area contributed by atoms with Crippen LogP contribution in [0, 0.1) is 5.92 Å². The minimum absolute atomic E-state index is 0.703. The second-order valence-electron chi connectivity index (χ2n) is 4.22. The normalized spacial score (nSPS) is 21.2. The molecule has 1 aliphatic heterocycles. The summed E-state index contributed by atoms with van der Waals surface area (Å²) in [5.41, 5.74) is 1.09. The number of methoxy groups -OCH3 is 1. The van der Waals surface area contributed by atoms with Crippen LogP contribution in [-0.2, 0) is 6.54 Å². The average molecular weight is 285 g/mol. The van der Waals surface area contributed by atoms with Gasteiger partial charge < -0.3 is 4.74 Å². The molecule has 1 atom stereocenters. The molecule has 0 N–H and O–H groups in total. The molecule has 2 rings (SSSR count). The van der Waals surface area contributed by atoms with Gasteiger partial charge >= 0.3 is 0 Å². The number of nitrogens with zero attached hydrogens (tertiary/aromatic N) is 2. The number of halogens is 1. The van der Waals surface area contributed by atoms with Crippen molar-refractivity contribution >= 4 is 15.9 Å². The molecular formula is C12H17BrN2O. The second-order valence-corrected chi connectivity index (χ2v) is 4.86. The van der Waals surface area contributed by atoms with Crippen LogP contribution in [-0.4, -0.2) is 35.4 Å². The molecule has 2 heterocycles. The van der Waals surface area contributed by atoms with Crippen molar-refractivity contribution in [1.29, 1.82) is 0 Å². The largest absolute Gasteiger partial charge is 0.481 e. The van der Waals surface area contributed by atoms with Crippen LogP contribution in [0.3, 0.4) is 0 Å². The summed E-state index contributed by atoms with van der Waals surface area (Å²) >= 11 is 3.55. The maximum absolute atomic E-state index is 5.12. The molecule has 1 aromatic rings. The number of pyridine rings is 1. The van der Waals surface area contributed by atoms with Gasteiger partial charge in [0.15, 0.2) is 0 Å². The fourth-order valence-electron chi connectivity index (χ4n) is 2.07. The molecule has 1 saturated heterocycles. The van der Waals surface area contributed by atoms with Gasteiger partial charge in [-0.3, -0.25) is 4.90 Å². The number of alkyl halides is 1. The summed E-state index contributed by atoms with van der Waals surface area (Å²) in [6.07, 6.45) is 1.29. The Morgan fingerprint density at radius 2 is 2.44 bits per heavy atom. The summed E-state index contributed by atoms with van der Waals surface area (Å²) in [5, 5.41) is 1.11. The first kappa shape index (κ1) is 11.9. The Morgan fingerprint density at radius 1 is 1.56 bits per heavy atom. The first-order valence-corrected chi connectivity index (χ1v) is 6.72. The van der Waals surface area contributed by atoms with Crippen molar-refractivity contribution in [1.82, 2.24) is 9.88 Å². The molecule has 1 aliphatic rings. The summed E-state index contributed by atoms with van der Waals surface area (Å²) < 4.78 is 5.12. The highest BCUT2D eigenvalue weighted by molar-refractivity contribution is 9.09. The van der Waals surface area contributed by atoms with E-state index >= 15 is 0 Å². The van der Waals surface area contributed by atoms with Crippen molar-refractivity contribution in [2.24, 2.45) is 5.92 Å². The van der Waals surface area contributed by atoms with E-state index < -0.39 is 0 Å². The minimum Gasteiger partial charge on any atom is -0.481 e. The van der Waals surface area contributed by atoms with Gasteiger partial charge in [0.1, 0.15) is 0 Å². The fraction of sp³-hybridized carbons (Fsp3) is 0.583. The zero-order valence-electron chi connectivity index (χ0n) is 9.53. The van der Waals surface area contributed by atoms with Crippen LogP contribution in [0.4, 0.5) is 0 Å². The van der Waals surface area contributed by atoms with Crippen LogP contribution in [0.1, 0.15) is 12.1 Å². The molecule has 0 bridgehead atoms. The van der Waals surface area contributed by atoms with E-state index in [1.807, 2.05) is 12.1 Å². The molecule has 0 radical (unpaired) electrons. The van der Waals surface area contributed by atoms with Gasteiger partial charge in [0.25, 0.3) is 0 Å². The van der Waals surface area contributed by atoms with Gasteiger partial charge in [-0.15, -0.1) is 0 Å². The predicted octanol–water partition coefficient (Wildman–Crippen LogP) is 2.31. The molecule has 0 aliphatic carbocycles. The molecule has 1 fully saturated rings. The molecule has 0 saturated carbocycles. The van der Waals surface area contributed by atoms with Crippen LogP contribution >= 0.6 is 15.9 Å². The summed E-state index contributed by atoms with van der Waals surface area (Å²) in [5.74, 6) is 1.50. The van der Waals surface area contributed by atoms with Crippen LogP contribution in [0.2, 0.25) is 0 Å². The van der Waals surface area contributed by atoms with Crippen LogP contribution in [0.5, 0.6) is 5.88 Å². The second kappa shape index (κ2) is 5.64. The molecule has 0 aromatic carbocycles. The standard InChI is InChI=1S/C12H17BrN2O/c1-16-12-4-2-3-11(14-12)9-15-6-5-10(7-13)8-15/h2-4,10H,5-9H2,1H3. The molecule has 88 valence electrons. The van der Waals surface area contributed by atoms with Crippen molar-refractivity contribution in [2.75, 3.05) is 25.5 Å².